The van der Waals surface area contributed by atoms with Crippen molar-refractivity contribution in [1.82, 2.24) is 9.88 Å². The molecule has 0 atom stereocenters. The number of pyridine rings is 1. The lowest BCUT2D eigenvalue weighted by Crippen LogP contribution is -2.36. The third-order valence-electron chi connectivity index (χ3n) is 4.04. The van der Waals surface area contributed by atoms with Crippen molar-refractivity contribution in [2.75, 3.05) is 25.5 Å². The Morgan fingerprint density at radius 3 is 2.12 bits per heavy atom. The van der Waals surface area contributed by atoms with E-state index < -0.39 is 5.60 Å². The van der Waals surface area contributed by atoms with E-state index in [1.807, 2.05) is 57.2 Å². The van der Waals surface area contributed by atoms with E-state index in [1.54, 1.807) is 11.9 Å². The number of aromatic nitrogens is 1. The van der Waals surface area contributed by atoms with E-state index in [0.717, 1.165) is 27.5 Å². The maximum atomic E-state index is 12.1. The molecule has 1 N–H and O–H groups in total. The van der Waals surface area contributed by atoms with Crippen LogP contribution in [-0.4, -0.2) is 41.7 Å². The Kier molecular flexibility index (Phi) is 4.98. The molecule has 0 aliphatic heterocycles. The van der Waals surface area contributed by atoms with Gasteiger partial charge >= 0.3 is 6.09 Å². The van der Waals surface area contributed by atoms with Crippen LogP contribution in [-0.2, 0) is 4.74 Å². The second-order valence-electron chi connectivity index (χ2n) is 7.35. The summed E-state index contributed by atoms with van der Waals surface area (Å²) in [5.41, 5.74) is 2.46. The second-order valence-corrected chi connectivity index (χ2v) is 7.35. The highest BCUT2D eigenvalue weighted by atomic mass is 16.6. The zero-order chi connectivity index (χ0) is 18.7. The van der Waals surface area contributed by atoms with Gasteiger partial charge in [0.15, 0.2) is 0 Å². The Bertz CT molecular complexity index is 877. The number of rotatable bonds is 4. The fourth-order valence-corrected chi connectivity index (χ4v) is 2.81. The number of likely N-dealkylation sites (N-methyl/N-ethyl adjacent to an activating group) is 1. The molecule has 136 valence electrons. The first kappa shape index (κ1) is 18.0. The molecule has 0 spiro atoms. The lowest BCUT2D eigenvalue weighted by Gasteiger charge is -2.25. The van der Waals surface area contributed by atoms with Gasteiger partial charge in [0.1, 0.15) is 5.60 Å². The lowest BCUT2D eigenvalue weighted by molar-refractivity contribution is 0.0305. The zero-order valence-corrected chi connectivity index (χ0v) is 15.7. The van der Waals surface area contributed by atoms with Gasteiger partial charge in [0.25, 0.3) is 0 Å². The summed E-state index contributed by atoms with van der Waals surface area (Å²) in [6, 6.07) is 16.2. The van der Waals surface area contributed by atoms with E-state index in [0.29, 0.717) is 13.1 Å². The average molecular weight is 351 g/mol. The summed E-state index contributed by atoms with van der Waals surface area (Å²) in [6.45, 7) is 6.76. The van der Waals surface area contributed by atoms with Crippen molar-refractivity contribution in [3.63, 3.8) is 0 Å². The van der Waals surface area contributed by atoms with E-state index in [9.17, 15) is 4.79 Å². The summed E-state index contributed by atoms with van der Waals surface area (Å²) in [5.74, 6) is 0. The quantitative estimate of drug-likeness (QED) is 0.694. The Morgan fingerprint density at radius 1 is 1.04 bits per heavy atom. The molecule has 0 aliphatic rings. The van der Waals surface area contributed by atoms with E-state index in [4.69, 9.17) is 9.72 Å². The molecule has 0 saturated heterocycles. The van der Waals surface area contributed by atoms with Gasteiger partial charge in [0.2, 0.25) is 0 Å². The standard InChI is InChI=1S/C21H25N3O2/c1-21(2,3)26-20(25)24(4)14-13-22-19-15-9-5-7-11-17(15)23-18-12-8-6-10-16(18)19/h5-12H,13-14H2,1-4H3,(H,22,23). The molecular weight excluding hydrogens is 326 g/mol. The highest BCUT2D eigenvalue weighted by Crippen LogP contribution is 2.30. The number of anilines is 1. The Labute approximate surface area is 154 Å². The van der Waals surface area contributed by atoms with E-state index in [-0.39, 0.29) is 6.09 Å². The summed E-state index contributed by atoms with van der Waals surface area (Å²) in [4.78, 5) is 18.4. The van der Waals surface area contributed by atoms with Crippen LogP contribution in [0.3, 0.4) is 0 Å². The van der Waals surface area contributed by atoms with Gasteiger partial charge in [-0.2, -0.15) is 0 Å². The van der Waals surface area contributed by atoms with Crippen LogP contribution in [0.2, 0.25) is 0 Å². The molecule has 0 fully saturated rings. The SMILES string of the molecule is CN(CCNc1c2ccccc2nc2ccccc12)C(=O)OC(C)(C)C. The molecule has 0 aliphatic carbocycles. The molecule has 0 unspecified atom stereocenters. The summed E-state index contributed by atoms with van der Waals surface area (Å²) in [7, 11) is 1.75. The summed E-state index contributed by atoms with van der Waals surface area (Å²) < 4.78 is 5.39. The number of hydrogen-bond acceptors (Lipinski definition) is 4. The molecule has 0 saturated carbocycles. The van der Waals surface area contributed by atoms with Crippen LogP contribution in [0, 0.1) is 0 Å². The Morgan fingerprint density at radius 2 is 1.58 bits per heavy atom. The van der Waals surface area contributed by atoms with E-state index >= 15 is 0 Å². The summed E-state index contributed by atoms with van der Waals surface area (Å²) in [6.07, 6.45) is -0.316. The maximum Gasteiger partial charge on any atom is 0.410 e. The van der Waals surface area contributed by atoms with Crippen LogP contribution < -0.4 is 5.32 Å². The van der Waals surface area contributed by atoms with Gasteiger partial charge in [-0.1, -0.05) is 36.4 Å². The van der Waals surface area contributed by atoms with E-state index in [2.05, 4.69) is 17.4 Å². The van der Waals surface area contributed by atoms with Gasteiger partial charge in [-0.15, -0.1) is 0 Å². The summed E-state index contributed by atoms with van der Waals surface area (Å²) in [5, 5.41) is 5.64. The van der Waals surface area contributed by atoms with Gasteiger partial charge in [0.05, 0.1) is 16.7 Å². The molecule has 2 aromatic carbocycles. The highest BCUT2D eigenvalue weighted by Gasteiger charge is 2.19. The van der Waals surface area contributed by atoms with Crippen molar-refractivity contribution in [2.24, 2.45) is 0 Å². The number of para-hydroxylation sites is 2. The minimum absolute atomic E-state index is 0.316. The van der Waals surface area contributed by atoms with Gasteiger partial charge in [-0.05, 0) is 32.9 Å². The first-order valence-corrected chi connectivity index (χ1v) is 8.80. The zero-order valence-electron chi connectivity index (χ0n) is 15.7. The van der Waals surface area contributed by atoms with Crippen LogP contribution in [0.5, 0.6) is 0 Å². The number of ether oxygens (including phenoxy) is 1. The first-order chi connectivity index (χ1) is 12.3. The number of nitrogens with one attached hydrogen (secondary N) is 1. The van der Waals surface area contributed by atoms with Crippen LogP contribution in [0.15, 0.2) is 48.5 Å². The number of amides is 1. The molecular formula is C21H25N3O2. The second kappa shape index (κ2) is 7.20. The molecule has 1 amide bonds. The van der Waals surface area contributed by atoms with Gasteiger partial charge in [-0.25, -0.2) is 9.78 Å². The van der Waals surface area contributed by atoms with E-state index in [1.165, 1.54) is 0 Å². The third-order valence-corrected chi connectivity index (χ3v) is 4.04. The number of benzene rings is 2. The molecule has 0 bridgehead atoms. The molecule has 1 aromatic heterocycles. The third kappa shape index (κ3) is 4.04. The van der Waals surface area contributed by atoms with Crippen molar-refractivity contribution >= 4 is 33.6 Å². The smallest absolute Gasteiger partial charge is 0.410 e. The maximum absolute atomic E-state index is 12.1. The minimum Gasteiger partial charge on any atom is -0.444 e. The van der Waals surface area contributed by atoms with Crippen LogP contribution >= 0.6 is 0 Å². The molecule has 3 aromatic rings. The number of carbonyl (C=O) groups excluding carboxylic acids is 1. The highest BCUT2D eigenvalue weighted by molar-refractivity contribution is 6.07. The van der Waals surface area contributed by atoms with Crippen LogP contribution in [0.4, 0.5) is 10.5 Å². The normalized spacial score (nSPS) is 11.5. The molecule has 5 heteroatoms. The number of fused-ring (bicyclic) bond motifs is 2. The molecule has 26 heavy (non-hydrogen) atoms. The molecule has 1 heterocycles. The van der Waals surface area contributed by atoms with Crippen molar-refractivity contribution in [2.45, 2.75) is 26.4 Å². The lowest BCUT2D eigenvalue weighted by atomic mass is 10.1. The molecule has 3 rings (SSSR count). The minimum atomic E-state index is -0.490. The summed E-state index contributed by atoms with van der Waals surface area (Å²) >= 11 is 0. The first-order valence-electron chi connectivity index (χ1n) is 8.80. The fourth-order valence-electron chi connectivity index (χ4n) is 2.81. The monoisotopic (exact) mass is 351 g/mol. The molecule has 0 radical (unpaired) electrons. The topological polar surface area (TPSA) is 54.5 Å². The van der Waals surface area contributed by atoms with Crippen molar-refractivity contribution < 1.29 is 9.53 Å². The van der Waals surface area contributed by atoms with Gasteiger partial charge < -0.3 is 15.0 Å². The van der Waals surface area contributed by atoms with Crippen molar-refractivity contribution in [3.8, 4) is 0 Å². The van der Waals surface area contributed by atoms with Gasteiger partial charge in [0, 0.05) is 30.9 Å². The van der Waals surface area contributed by atoms with Crippen molar-refractivity contribution in [3.05, 3.63) is 48.5 Å². The van der Waals surface area contributed by atoms with Gasteiger partial charge in [-0.3, -0.25) is 0 Å². The van der Waals surface area contributed by atoms with Crippen LogP contribution in [0.1, 0.15) is 20.8 Å². The predicted molar refractivity (Wildman–Crippen MR) is 107 cm³/mol. The molecule has 5 nitrogen and oxygen atoms in total. The predicted octanol–water partition coefficient (Wildman–Crippen LogP) is 4.67. The number of nitrogens with zero attached hydrogens (tertiary/aromatic N) is 2. The Balaban J connectivity index is 1.79. The Hall–Kier alpha value is -2.82. The number of carbonyl (C=O) groups is 1. The fraction of sp³-hybridized carbons (Fsp3) is 0.333. The average Bonchev–Trinajstić information content (AvgIpc) is 2.59. The largest absolute Gasteiger partial charge is 0.444 e. The van der Waals surface area contributed by atoms with Crippen LogP contribution in [0.25, 0.3) is 21.8 Å². The number of hydrogen-bond donors (Lipinski definition) is 1. The van der Waals surface area contributed by atoms with Crippen molar-refractivity contribution in [1.29, 1.82) is 0 Å².